The van der Waals surface area contributed by atoms with Crippen molar-refractivity contribution in [3.63, 3.8) is 0 Å². The number of ether oxygens (including phenoxy) is 1. The van der Waals surface area contributed by atoms with E-state index in [1.54, 1.807) is 30.3 Å². The van der Waals surface area contributed by atoms with Gasteiger partial charge in [-0.15, -0.1) is 0 Å². The normalized spacial score (nSPS) is 12.5. The summed E-state index contributed by atoms with van der Waals surface area (Å²) in [6, 6.07) is 12.6. The van der Waals surface area contributed by atoms with Gasteiger partial charge in [0.05, 0.1) is 16.8 Å². The van der Waals surface area contributed by atoms with E-state index in [-0.39, 0.29) is 45.2 Å². The van der Waals surface area contributed by atoms with E-state index in [0.29, 0.717) is 15.8 Å². The lowest BCUT2D eigenvalue weighted by Gasteiger charge is -2.22. The van der Waals surface area contributed by atoms with Gasteiger partial charge in [0.1, 0.15) is 5.75 Å². The fourth-order valence-electron chi connectivity index (χ4n) is 3.06. The third-order valence-electron chi connectivity index (χ3n) is 4.33. The summed E-state index contributed by atoms with van der Waals surface area (Å²) in [6.45, 7) is 0. The van der Waals surface area contributed by atoms with E-state index in [2.05, 4.69) is 0 Å². The Morgan fingerprint density at radius 2 is 1.37 bits per heavy atom. The van der Waals surface area contributed by atoms with Crippen LogP contribution in [0.4, 0.5) is 11.4 Å². The standard InChI is InChI=1S/C20H12Cl2N2O3/c21-9-1-4-11(5-2-9)27-15-8-14(23)16-17(18(15)24)20(26)13-7-10(22)3-6-12(13)19(16)25/h1-8H,23-24H2. The highest BCUT2D eigenvalue weighted by atomic mass is 35.5. The van der Waals surface area contributed by atoms with E-state index < -0.39 is 5.78 Å². The van der Waals surface area contributed by atoms with Crippen LogP contribution >= 0.6 is 23.2 Å². The Morgan fingerprint density at radius 1 is 0.741 bits per heavy atom. The number of hydrogen-bond acceptors (Lipinski definition) is 5. The molecule has 0 saturated carbocycles. The van der Waals surface area contributed by atoms with Crippen LogP contribution in [0.25, 0.3) is 0 Å². The van der Waals surface area contributed by atoms with Gasteiger partial charge in [-0.3, -0.25) is 9.59 Å². The van der Waals surface area contributed by atoms with Crippen LogP contribution in [0, 0.1) is 0 Å². The van der Waals surface area contributed by atoms with Gasteiger partial charge in [0.25, 0.3) is 0 Å². The summed E-state index contributed by atoms with van der Waals surface area (Å²) in [5, 5.41) is 0.896. The molecular weight excluding hydrogens is 387 g/mol. The molecule has 4 N–H and O–H groups in total. The number of ketones is 2. The molecule has 0 atom stereocenters. The van der Waals surface area contributed by atoms with E-state index in [1.807, 2.05) is 0 Å². The predicted molar refractivity (Wildman–Crippen MR) is 105 cm³/mol. The Kier molecular flexibility index (Phi) is 4.06. The van der Waals surface area contributed by atoms with E-state index in [4.69, 9.17) is 39.4 Å². The van der Waals surface area contributed by atoms with Gasteiger partial charge in [-0.1, -0.05) is 23.2 Å². The SMILES string of the molecule is Nc1cc(Oc2ccc(Cl)cc2)c(N)c2c1C(=O)c1ccc(Cl)cc1C2=O. The summed E-state index contributed by atoms with van der Waals surface area (Å²) >= 11 is 11.9. The average Bonchev–Trinajstić information content (AvgIpc) is 2.64. The molecule has 0 saturated heterocycles. The van der Waals surface area contributed by atoms with Crippen LogP contribution in [-0.2, 0) is 0 Å². The molecular formula is C20H12Cl2N2O3. The van der Waals surface area contributed by atoms with E-state index in [9.17, 15) is 9.59 Å². The lowest BCUT2D eigenvalue weighted by molar-refractivity contribution is 0.0980. The van der Waals surface area contributed by atoms with Crippen molar-refractivity contribution in [1.29, 1.82) is 0 Å². The zero-order chi connectivity index (χ0) is 19.3. The first-order valence-electron chi connectivity index (χ1n) is 7.91. The smallest absolute Gasteiger partial charge is 0.196 e. The zero-order valence-corrected chi connectivity index (χ0v) is 15.3. The number of hydrogen-bond donors (Lipinski definition) is 2. The topological polar surface area (TPSA) is 95.4 Å². The maximum Gasteiger partial charge on any atom is 0.196 e. The molecule has 0 amide bonds. The van der Waals surface area contributed by atoms with Crippen molar-refractivity contribution in [1.82, 2.24) is 0 Å². The second kappa shape index (κ2) is 6.30. The van der Waals surface area contributed by atoms with E-state index in [1.165, 1.54) is 18.2 Å². The van der Waals surface area contributed by atoms with Crippen molar-refractivity contribution in [2.75, 3.05) is 11.5 Å². The van der Waals surface area contributed by atoms with Crippen LogP contribution in [0.1, 0.15) is 31.8 Å². The summed E-state index contributed by atoms with van der Waals surface area (Å²) in [4.78, 5) is 25.9. The number of fused-ring (bicyclic) bond motifs is 2. The van der Waals surface area contributed by atoms with Gasteiger partial charge in [0.2, 0.25) is 0 Å². The molecule has 27 heavy (non-hydrogen) atoms. The first-order valence-corrected chi connectivity index (χ1v) is 8.66. The van der Waals surface area contributed by atoms with Crippen molar-refractivity contribution in [3.05, 3.63) is 80.8 Å². The van der Waals surface area contributed by atoms with Crippen molar-refractivity contribution >= 4 is 46.1 Å². The highest BCUT2D eigenvalue weighted by Crippen LogP contribution is 2.41. The number of nitrogens with two attached hydrogens (primary N) is 2. The van der Waals surface area contributed by atoms with Crippen LogP contribution < -0.4 is 16.2 Å². The first kappa shape index (κ1) is 17.4. The Balaban J connectivity index is 1.87. The Morgan fingerprint density at radius 3 is 2.07 bits per heavy atom. The highest BCUT2D eigenvalue weighted by Gasteiger charge is 2.34. The summed E-state index contributed by atoms with van der Waals surface area (Å²) in [7, 11) is 0. The molecule has 1 aliphatic rings. The summed E-state index contributed by atoms with van der Waals surface area (Å²) in [6.07, 6.45) is 0. The second-order valence-corrected chi connectivity index (χ2v) is 6.90. The van der Waals surface area contributed by atoms with Gasteiger partial charge in [0.15, 0.2) is 17.3 Å². The predicted octanol–water partition coefficient (Wildman–Crippen LogP) is 4.73. The molecule has 0 bridgehead atoms. The highest BCUT2D eigenvalue weighted by molar-refractivity contribution is 6.35. The second-order valence-electron chi connectivity index (χ2n) is 6.03. The van der Waals surface area contributed by atoms with Crippen LogP contribution in [0.15, 0.2) is 48.5 Å². The van der Waals surface area contributed by atoms with Gasteiger partial charge in [-0.05, 0) is 42.5 Å². The van der Waals surface area contributed by atoms with Crippen molar-refractivity contribution in [3.8, 4) is 11.5 Å². The molecule has 0 aliphatic heterocycles. The van der Waals surface area contributed by atoms with Crippen molar-refractivity contribution < 1.29 is 14.3 Å². The number of anilines is 2. The summed E-state index contributed by atoms with van der Waals surface area (Å²) in [5.41, 5.74) is 13.0. The maximum atomic E-state index is 13.0. The Hall–Kier alpha value is -3.02. The van der Waals surface area contributed by atoms with Crippen LogP contribution in [0.5, 0.6) is 11.5 Å². The van der Waals surface area contributed by atoms with E-state index >= 15 is 0 Å². The number of halogens is 2. The number of carbonyl (C=O) groups is 2. The largest absolute Gasteiger partial charge is 0.455 e. The average molecular weight is 399 g/mol. The van der Waals surface area contributed by atoms with Gasteiger partial charge in [-0.25, -0.2) is 0 Å². The Bertz CT molecular complexity index is 1130. The number of benzene rings is 3. The lowest BCUT2D eigenvalue weighted by Crippen LogP contribution is -2.24. The molecule has 4 rings (SSSR count). The lowest BCUT2D eigenvalue weighted by atomic mass is 9.82. The fourth-order valence-corrected chi connectivity index (χ4v) is 3.36. The van der Waals surface area contributed by atoms with Crippen LogP contribution in [0.2, 0.25) is 10.0 Å². The van der Waals surface area contributed by atoms with Gasteiger partial charge in [0, 0.05) is 32.9 Å². The van der Waals surface area contributed by atoms with Gasteiger partial charge < -0.3 is 16.2 Å². The number of nitrogen functional groups attached to an aromatic ring is 2. The van der Waals surface area contributed by atoms with Crippen molar-refractivity contribution in [2.45, 2.75) is 0 Å². The molecule has 0 spiro atoms. The van der Waals surface area contributed by atoms with E-state index in [0.717, 1.165) is 0 Å². The minimum atomic E-state index is -0.423. The molecule has 7 heteroatoms. The molecule has 0 radical (unpaired) electrons. The third-order valence-corrected chi connectivity index (χ3v) is 4.81. The molecule has 0 aromatic heterocycles. The molecule has 134 valence electrons. The molecule has 0 fully saturated rings. The quantitative estimate of drug-likeness (QED) is 0.476. The third kappa shape index (κ3) is 2.81. The minimum absolute atomic E-state index is 0.0266. The Labute approximate surface area is 164 Å². The first-order chi connectivity index (χ1) is 12.9. The van der Waals surface area contributed by atoms with Crippen molar-refractivity contribution in [2.24, 2.45) is 0 Å². The zero-order valence-electron chi connectivity index (χ0n) is 13.8. The monoisotopic (exact) mass is 398 g/mol. The molecule has 3 aromatic carbocycles. The molecule has 0 unspecified atom stereocenters. The summed E-state index contributed by atoms with van der Waals surface area (Å²) in [5.74, 6) is -0.157. The fraction of sp³-hybridized carbons (Fsp3) is 0. The number of rotatable bonds is 2. The van der Waals surface area contributed by atoms with Crippen LogP contribution in [0.3, 0.4) is 0 Å². The number of carbonyl (C=O) groups excluding carboxylic acids is 2. The molecule has 3 aromatic rings. The maximum absolute atomic E-state index is 13.0. The van der Waals surface area contributed by atoms with Crippen LogP contribution in [-0.4, -0.2) is 11.6 Å². The molecule has 5 nitrogen and oxygen atoms in total. The molecule has 0 heterocycles. The van der Waals surface area contributed by atoms with Gasteiger partial charge >= 0.3 is 0 Å². The molecule has 1 aliphatic carbocycles. The minimum Gasteiger partial charge on any atom is -0.455 e. The summed E-state index contributed by atoms with van der Waals surface area (Å²) < 4.78 is 5.75. The van der Waals surface area contributed by atoms with Gasteiger partial charge in [-0.2, -0.15) is 0 Å².